The molecule has 0 unspecified atom stereocenters. The Labute approximate surface area is 178 Å². The topological polar surface area (TPSA) is 55.4 Å². The molecule has 0 bridgehead atoms. The maximum absolute atomic E-state index is 12.1. The average Bonchev–Trinajstić information content (AvgIpc) is 2.65. The first kappa shape index (κ1) is 23.0. The van der Waals surface area contributed by atoms with Crippen LogP contribution >= 0.6 is 11.8 Å². The van der Waals surface area contributed by atoms with Gasteiger partial charge in [-0.3, -0.25) is 9.59 Å². The largest absolute Gasteiger partial charge is 0.455 e. The van der Waals surface area contributed by atoms with E-state index in [-0.39, 0.29) is 24.3 Å². The molecule has 2 aromatic carbocycles. The van der Waals surface area contributed by atoms with Crippen molar-refractivity contribution < 1.29 is 14.3 Å². The van der Waals surface area contributed by atoms with Crippen LogP contribution in [0.3, 0.4) is 0 Å². The van der Waals surface area contributed by atoms with Crippen LogP contribution in [0.4, 0.5) is 0 Å². The van der Waals surface area contributed by atoms with Gasteiger partial charge < -0.3 is 10.1 Å². The number of carbonyl (C=O) groups is 2. The van der Waals surface area contributed by atoms with Crippen LogP contribution in [-0.2, 0) is 20.7 Å². The van der Waals surface area contributed by atoms with Gasteiger partial charge in [0.05, 0.1) is 11.8 Å². The molecule has 5 heteroatoms. The van der Waals surface area contributed by atoms with Gasteiger partial charge >= 0.3 is 5.97 Å². The van der Waals surface area contributed by atoms with E-state index >= 15 is 0 Å². The number of benzene rings is 2. The van der Waals surface area contributed by atoms with E-state index in [2.05, 4.69) is 37.4 Å². The second kappa shape index (κ2) is 11.1. The van der Waals surface area contributed by atoms with Crippen molar-refractivity contribution in [2.75, 3.05) is 12.4 Å². The number of thioether (sulfide) groups is 1. The number of carbonyl (C=O) groups excluding carboxylic acids is 2. The van der Waals surface area contributed by atoms with Gasteiger partial charge in [0, 0.05) is 4.90 Å². The van der Waals surface area contributed by atoms with E-state index in [1.807, 2.05) is 45.0 Å². The van der Waals surface area contributed by atoms with Crippen molar-refractivity contribution in [2.45, 2.75) is 52.0 Å². The summed E-state index contributed by atoms with van der Waals surface area (Å²) in [6.07, 6.45) is 1.04. The Morgan fingerprint density at radius 3 is 2.34 bits per heavy atom. The molecule has 2 rings (SSSR count). The van der Waals surface area contributed by atoms with E-state index in [1.165, 1.54) is 22.9 Å². The number of rotatable bonds is 9. The molecule has 0 fully saturated rings. The molecule has 1 amide bonds. The summed E-state index contributed by atoms with van der Waals surface area (Å²) in [5.41, 5.74) is 4.64. The maximum atomic E-state index is 12.1. The number of esters is 1. The summed E-state index contributed by atoms with van der Waals surface area (Å²) in [5.74, 6) is 0.106. The van der Waals surface area contributed by atoms with Crippen LogP contribution in [0.5, 0.6) is 0 Å². The van der Waals surface area contributed by atoms with Gasteiger partial charge in [-0.05, 0) is 55.9 Å². The molecule has 1 atom stereocenters. The Morgan fingerprint density at radius 2 is 1.72 bits per heavy atom. The van der Waals surface area contributed by atoms with Gasteiger partial charge in [0.15, 0.2) is 6.61 Å². The minimum atomic E-state index is -0.393. The molecule has 0 aliphatic heterocycles. The molecule has 0 aromatic heterocycles. The molecule has 0 aliphatic rings. The Kier molecular flexibility index (Phi) is 8.77. The zero-order valence-corrected chi connectivity index (χ0v) is 18.8. The molecule has 0 spiro atoms. The number of aryl methyl sites for hydroxylation is 2. The minimum Gasteiger partial charge on any atom is -0.455 e. The lowest BCUT2D eigenvalue weighted by molar-refractivity contribution is -0.146. The number of hydrogen-bond acceptors (Lipinski definition) is 4. The zero-order valence-electron chi connectivity index (χ0n) is 18.0. The van der Waals surface area contributed by atoms with Crippen LogP contribution in [0.25, 0.3) is 0 Å². The maximum Gasteiger partial charge on any atom is 0.316 e. The highest BCUT2D eigenvalue weighted by atomic mass is 32.2. The third-order valence-electron chi connectivity index (χ3n) is 4.54. The van der Waals surface area contributed by atoms with Crippen molar-refractivity contribution in [3.8, 4) is 0 Å². The van der Waals surface area contributed by atoms with Crippen LogP contribution in [-0.4, -0.2) is 24.2 Å². The van der Waals surface area contributed by atoms with E-state index in [9.17, 15) is 9.59 Å². The zero-order chi connectivity index (χ0) is 21.4. The molecule has 4 nitrogen and oxygen atoms in total. The van der Waals surface area contributed by atoms with Crippen molar-refractivity contribution in [1.82, 2.24) is 5.32 Å². The summed E-state index contributed by atoms with van der Waals surface area (Å²) in [5, 5.41) is 2.88. The predicted octanol–water partition coefficient (Wildman–Crippen LogP) is 5.01. The van der Waals surface area contributed by atoms with Crippen LogP contribution < -0.4 is 5.32 Å². The SMILES string of the molecule is Cc1ccc(SCC(=O)OCC(=O)N[C@H](C)c2ccc(CC(C)C)cc2)c(C)c1. The highest BCUT2D eigenvalue weighted by molar-refractivity contribution is 8.00. The van der Waals surface area contributed by atoms with Crippen LogP contribution in [0, 0.1) is 19.8 Å². The van der Waals surface area contributed by atoms with E-state index < -0.39 is 5.97 Å². The molecule has 0 radical (unpaired) electrons. The van der Waals surface area contributed by atoms with Crippen molar-refractivity contribution in [2.24, 2.45) is 5.92 Å². The van der Waals surface area contributed by atoms with Crippen LogP contribution in [0.2, 0.25) is 0 Å². The van der Waals surface area contributed by atoms with Gasteiger partial charge in [-0.2, -0.15) is 0 Å². The molecule has 156 valence electrons. The van der Waals surface area contributed by atoms with Gasteiger partial charge in [-0.25, -0.2) is 0 Å². The van der Waals surface area contributed by atoms with Gasteiger partial charge in [0.1, 0.15) is 0 Å². The highest BCUT2D eigenvalue weighted by Crippen LogP contribution is 2.23. The van der Waals surface area contributed by atoms with Crippen molar-refractivity contribution >= 4 is 23.6 Å². The number of ether oxygens (including phenoxy) is 1. The van der Waals surface area contributed by atoms with Gasteiger partial charge in [0.2, 0.25) is 0 Å². The standard InChI is InChI=1S/C24H31NO3S/c1-16(2)12-20-7-9-21(10-8-20)19(5)25-23(26)14-28-24(27)15-29-22-11-6-17(3)13-18(22)4/h6-11,13,16,19H,12,14-15H2,1-5H3,(H,25,26)/t19-/m1/s1. The minimum absolute atomic E-state index is 0.140. The predicted molar refractivity (Wildman–Crippen MR) is 119 cm³/mol. The quantitative estimate of drug-likeness (QED) is 0.463. The third-order valence-corrected chi connectivity index (χ3v) is 5.69. The molecule has 1 N–H and O–H groups in total. The Bertz CT molecular complexity index is 831. The lowest BCUT2D eigenvalue weighted by Gasteiger charge is -2.15. The van der Waals surface area contributed by atoms with Gasteiger partial charge in [0.25, 0.3) is 5.91 Å². The third kappa shape index (κ3) is 7.94. The Hall–Kier alpha value is -2.27. The summed E-state index contributed by atoms with van der Waals surface area (Å²) in [6, 6.07) is 14.2. The first-order valence-electron chi connectivity index (χ1n) is 9.98. The second-order valence-electron chi connectivity index (χ2n) is 7.85. The number of nitrogens with one attached hydrogen (secondary N) is 1. The Balaban J connectivity index is 1.74. The average molecular weight is 414 g/mol. The first-order valence-corrected chi connectivity index (χ1v) is 11.0. The molecular weight excluding hydrogens is 382 g/mol. The molecule has 29 heavy (non-hydrogen) atoms. The highest BCUT2D eigenvalue weighted by Gasteiger charge is 2.13. The van der Waals surface area contributed by atoms with E-state index in [0.29, 0.717) is 5.92 Å². The summed E-state index contributed by atoms with van der Waals surface area (Å²) in [4.78, 5) is 25.1. The summed E-state index contributed by atoms with van der Waals surface area (Å²) in [7, 11) is 0. The van der Waals surface area contributed by atoms with Gasteiger partial charge in [-0.1, -0.05) is 55.8 Å². The van der Waals surface area contributed by atoms with E-state index in [0.717, 1.165) is 22.4 Å². The molecule has 0 heterocycles. The lowest BCUT2D eigenvalue weighted by atomic mass is 10.00. The van der Waals surface area contributed by atoms with E-state index in [4.69, 9.17) is 4.74 Å². The second-order valence-corrected chi connectivity index (χ2v) is 8.86. The first-order chi connectivity index (χ1) is 13.7. The fourth-order valence-electron chi connectivity index (χ4n) is 3.07. The fraction of sp³-hybridized carbons (Fsp3) is 0.417. The number of hydrogen-bond donors (Lipinski definition) is 1. The lowest BCUT2D eigenvalue weighted by Crippen LogP contribution is -2.31. The monoisotopic (exact) mass is 413 g/mol. The number of amides is 1. The molecule has 0 saturated carbocycles. The van der Waals surface area contributed by atoms with Crippen LogP contribution in [0.1, 0.15) is 49.1 Å². The van der Waals surface area contributed by atoms with E-state index in [1.54, 1.807) is 0 Å². The Morgan fingerprint density at radius 1 is 1.03 bits per heavy atom. The van der Waals surface area contributed by atoms with Gasteiger partial charge in [-0.15, -0.1) is 11.8 Å². The molecular formula is C24H31NO3S. The fourth-order valence-corrected chi connectivity index (χ4v) is 3.87. The summed E-state index contributed by atoms with van der Waals surface area (Å²) in [6.45, 7) is 10.1. The summed E-state index contributed by atoms with van der Waals surface area (Å²) >= 11 is 1.43. The smallest absolute Gasteiger partial charge is 0.316 e. The summed E-state index contributed by atoms with van der Waals surface area (Å²) < 4.78 is 5.12. The van der Waals surface area contributed by atoms with Crippen molar-refractivity contribution in [1.29, 1.82) is 0 Å². The van der Waals surface area contributed by atoms with Crippen LogP contribution in [0.15, 0.2) is 47.4 Å². The van der Waals surface area contributed by atoms with Crippen molar-refractivity contribution in [3.05, 3.63) is 64.7 Å². The van der Waals surface area contributed by atoms with Crippen molar-refractivity contribution in [3.63, 3.8) is 0 Å². The molecule has 2 aromatic rings. The molecule has 0 saturated heterocycles. The molecule has 0 aliphatic carbocycles. The normalized spacial score (nSPS) is 11.9.